The number of benzene rings is 5. The van der Waals surface area contributed by atoms with Crippen molar-refractivity contribution in [3.8, 4) is 44.8 Å². The summed E-state index contributed by atoms with van der Waals surface area (Å²) in [4.78, 5) is 8.87. The van der Waals surface area contributed by atoms with Crippen molar-refractivity contribution in [2.24, 2.45) is 5.41 Å². The average molecular weight is 919 g/mol. The third-order valence-corrected chi connectivity index (χ3v) is 10.7. The molecular weight excluding hydrogens is 861 g/mol. The van der Waals surface area contributed by atoms with Crippen LogP contribution in [-0.4, -0.2) is 9.97 Å². The molecule has 1 radical (unpaired) electrons. The zero-order valence-corrected chi connectivity index (χ0v) is 33.8. The molecule has 3 heterocycles. The summed E-state index contributed by atoms with van der Waals surface area (Å²) in [6.45, 7) is 1.79. The Balaban J connectivity index is 0.000000205. The molecule has 3 aromatic heterocycles. The van der Waals surface area contributed by atoms with Crippen LogP contribution in [0.25, 0.3) is 66.7 Å². The fourth-order valence-corrected chi connectivity index (χ4v) is 7.41. The van der Waals surface area contributed by atoms with Crippen LogP contribution in [0.15, 0.2) is 138 Å². The zero-order valence-electron chi connectivity index (χ0n) is 41.4. The van der Waals surface area contributed by atoms with E-state index < -0.39 is 26.4 Å². The molecule has 1 saturated carbocycles. The number of aryl methyl sites for hydroxylation is 3. The van der Waals surface area contributed by atoms with Crippen molar-refractivity contribution in [2.75, 3.05) is 0 Å². The smallest absolute Gasteiger partial charge is 0.123 e. The first-order valence-electron chi connectivity index (χ1n) is 23.6. The van der Waals surface area contributed by atoms with Crippen LogP contribution >= 0.6 is 0 Å². The molecule has 1 aliphatic carbocycles. The predicted octanol–water partition coefficient (Wildman–Crippen LogP) is 14.3. The van der Waals surface area contributed by atoms with Crippen LogP contribution in [0.1, 0.15) is 86.9 Å². The number of fused-ring (bicyclic) bond motifs is 3. The molecule has 9 rings (SSSR count). The summed E-state index contributed by atoms with van der Waals surface area (Å²) in [7, 11) is 0. The largest absolute Gasteiger partial charge is 0.500 e. The summed E-state index contributed by atoms with van der Waals surface area (Å²) in [5.41, 5.74) is 9.51. The Morgan fingerprint density at radius 3 is 2.23 bits per heavy atom. The fourth-order valence-electron chi connectivity index (χ4n) is 7.41. The van der Waals surface area contributed by atoms with E-state index in [1.807, 2.05) is 60.7 Å². The molecule has 0 aliphatic heterocycles. The predicted molar refractivity (Wildman–Crippen MR) is 230 cm³/mol. The van der Waals surface area contributed by atoms with Gasteiger partial charge in [-0.3, -0.25) is 4.98 Å². The molecule has 0 atom stereocenters. The fraction of sp³-hybridized carbons (Fsp3) is 0.212. The number of hydrogen-bond donors (Lipinski definition) is 0. The van der Waals surface area contributed by atoms with E-state index in [4.69, 9.17) is 18.1 Å². The van der Waals surface area contributed by atoms with Gasteiger partial charge in [-0.2, -0.15) is 18.6 Å². The summed E-state index contributed by atoms with van der Waals surface area (Å²) in [6, 6.07) is 40.3. The van der Waals surface area contributed by atoms with Crippen molar-refractivity contribution in [3.05, 3.63) is 175 Å². The van der Waals surface area contributed by atoms with Crippen molar-refractivity contribution >= 4 is 21.9 Å². The van der Waals surface area contributed by atoms with Crippen LogP contribution in [-0.2, 0) is 20.1 Å². The van der Waals surface area contributed by atoms with Crippen molar-refractivity contribution in [1.82, 2.24) is 9.97 Å². The molecule has 56 heavy (non-hydrogen) atoms. The monoisotopic (exact) mass is 919 g/mol. The van der Waals surface area contributed by atoms with Gasteiger partial charge in [0.1, 0.15) is 5.58 Å². The number of furan rings is 1. The third-order valence-electron chi connectivity index (χ3n) is 10.7. The molecule has 0 bridgehead atoms. The molecule has 4 heteroatoms. The Morgan fingerprint density at radius 2 is 1.50 bits per heavy atom. The van der Waals surface area contributed by atoms with Crippen LogP contribution in [0.5, 0.6) is 0 Å². The minimum atomic E-state index is -2.28. The number of pyridine rings is 2. The number of para-hydroxylation sites is 1. The molecule has 283 valence electrons. The second-order valence-electron chi connectivity index (χ2n) is 15.0. The third kappa shape index (κ3) is 8.14. The summed E-state index contributed by atoms with van der Waals surface area (Å²) >= 11 is 0. The standard InChI is InChI=1S/C32H30NO.C20H18N.Ir/c1-21-6-4-7-26-27-8-5-9-28(31(27)34-30(21)26)29-20-25(16-19-33-29)23-12-10-22(11-13-23)24-14-17-32(2,3)18-15-24;1-14-9-10-20(21-13-14)19-12-18(15(2)11-16(19)3)17-7-5-4-6-8-17;/h4-8,10-13,16,19-20,24H,14-15,17-18H2,1-3H3;4-13H,3H2,1-2H3;/q2*-1;/i1D3,24D;1D3,2D3;. The minimum absolute atomic E-state index is 0. The second-order valence-corrected chi connectivity index (χ2v) is 15.0. The Bertz CT molecular complexity index is 2980. The van der Waals surface area contributed by atoms with E-state index in [1.54, 1.807) is 36.5 Å². The maximum atomic E-state index is 9.08. The maximum absolute atomic E-state index is 9.08. The van der Waals surface area contributed by atoms with E-state index in [0.29, 0.717) is 50.2 Å². The molecule has 5 aromatic carbocycles. The van der Waals surface area contributed by atoms with Crippen molar-refractivity contribution in [3.63, 3.8) is 0 Å². The normalized spacial score (nSPS) is 17.8. The molecule has 1 aliphatic rings. The molecule has 0 unspecified atom stereocenters. The molecule has 0 spiro atoms. The first-order valence-corrected chi connectivity index (χ1v) is 18.6. The zero-order chi connectivity index (χ0) is 46.5. The van der Waals surface area contributed by atoms with Gasteiger partial charge in [-0.25, -0.2) is 0 Å². The van der Waals surface area contributed by atoms with Gasteiger partial charge >= 0.3 is 0 Å². The number of aromatic nitrogens is 2. The van der Waals surface area contributed by atoms with E-state index in [2.05, 4.69) is 61.1 Å². The summed E-state index contributed by atoms with van der Waals surface area (Å²) < 4.78 is 85.0. The number of nitrogens with zero attached hydrogens (tertiary/aromatic N) is 2. The molecular formula is C52H48IrN2O-2. The average Bonchev–Trinajstić information content (AvgIpc) is 3.66. The van der Waals surface area contributed by atoms with Crippen LogP contribution < -0.4 is 0 Å². The SMILES string of the molecule is [2H]C([2H])([2H])c1ccc(-c2cc(-c3ccccc3)c(C([2H])([2H])[2H])cc2[CH2-])nc1.[2H]C([2H])([2H])c1cccc2c1oc1c(-c3cc(-c4ccc(C5([2H])CCC(C)(C)CC5)cc4)ccn3)[c-]ccc12.[Ir]. The quantitative estimate of drug-likeness (QED) is 0.162. The molecule has 0 amide bonds. The van der Waals surface area contributed by atoms with Gasteiger partial charge in [-0.05, 0) is 107 Å². The maximum Gasteiger partial charge on any atom is 0.123 e. The van der Waals surface area contributed by atoms with Gasteiger partial charge in [-0.15, -0.1) is 29.8 Å². The topological polar surface area (TPSA) is 38.9 Å². The molecule has 3 nitrogen and oxygen atoms in total. The Morgan fingerprint density at radius 1 is 0.714 bits per heavy atom. The number of hydrogen-bond acceptors (Lipinski definition) is 3. The molecule has 0 N–H and O–H groups in total. The van der Waals surface area contributed by atoms with Crippen molar-refractivity contribution in [2.45, 2.75) is 66.0 Å². The van der Waals surface area contributed by atoms with E-state index in [9.17, 15) is 0 Å². The molecule has 1 fully saturated rings. The van der Waals surface area contributed by atoms with Crippen LogP contribution in [0.3, 0.4) is 0 Å². The van der Waals surface area contributed by atoms with E-state index in [0.717, 1.165) is 58.7 Å². The first kappa shape index (κ1) is 28.2. The van der Waals surface area contributed by atoms with Gasteiger partial charge < -0.3 is 9.40 Å². The molecule has 0 saturated heterocycles. The van der Waals surface area contributed by atoms with E-state index >= 15 is 0 Å². The molecule has 8 aromatic rings. The van der Waals surface area contributed by atoms with Gasteiger partial charge in [0, 0.05) is 57.3 Å². The Hall–Kier alpha value is -5.28. The second kappa shape index (κ2) is 16.4. The van der Waals surface area contributed by atoms with E-state index in [-0.39, 0.29) is 36.8 Å². The Kier molecular flexibility index (Phi) is 8.27. The van der Waals surface area contributed by atoms with E-state index in [1.165, 1.54) is 12.3 Å². The minimum Gasteiger partial charge on any atom is -0.500 e. The number of rotatable bonds is 5. The van der Waals surface area contributed by atoms with Gasteiger partial charge in [0.05, 0.1) is 5.58 Å². The summed E-state index contributed by atoms with van der Waals surface area (Å²) in [6.07, 6.45) is 7.02. The van der Waals surface area contributed by atoms with Crippen LogP contribution in [0, 0.1) is 39.0 Å². The summed E-state index contributed by atoms with van der Waals surface area (Å²) in [5, 5.41) is 1.61. The summed E-state index contributed by atoms with van der Waals surface area (Å²) in [5.74, 6) is -0.517. The Labute approximate surface area is 359 Å². The van der Waals surface area contributed by atoms with Crippen LogP contribution in [0.4, 0.5) is 0 Å². The first-order chi connectivity index (χ1) is 30.6. The van der Waals surface area contributed by atoms with Gasteiger partial charge in [0.2, 0.25) is 0 Å². The van der Waals surface area contributed by atoms with Gasteiger partial charge in [0.15, 0.2) is 0 Å². The van der Waals surface area contributed by atoms with Crippen molar-refractivity contribution < 1.29 is 38.2 Å². The van der Waals surface area contributed by atoms with Crippen LogP contribution in [0.2, 0.25) is 0 Å². The van der Waals surface area contributed by atoms with Crippen molar-refractivity contribution in [1.29, 1.82) is 0 Å². The van der Waals surface area contributed by atoms with Gasteiger partial charge in [-0.1, -0.05) is 122 Å². The van der Waals surface area contributed by atoms with Gasteiger partial charge in [0.25, 0.3) is 0 Å².